The average Bonchev–Trinajstić information content (AvgIpc) is 3.74. The molecule has 4 nitrogen and oxygen atoms in total. The van der Waals surface area contributed by atoms with Crippen LogP contribution in [0.15, 0.2) is 229 Å². The van der Waals surface area contributed by atoms with Crippen molar-refractivity contribution >= 4 is 83.1 Å². The number of furan rings is 1. The maximum absolute atomic E-state index is 6.39. The molecule has 12 rings (SSSR count). The third kappa shape index (κ3) is 5.70. The monoisotopic (exact) mass is 807 g/mol. The molecule has 290 valence electrons. The SMILES string of the molecule is c1ccc([Si](c2ccccc2)(c2ccccc2)c2cccc(-c3nc(-c4cccc5c4ccc4c6ccccc6ccc54)nc(-c4cccc5oc6ccccc6c45)n3)c2)cc1. The van der Waals surface area contributed by atoms with Crippen molar-refractivity contribution in [3.63, 3.8) is 0 Å². The third-order valence-electron chi connectivity index (χ3n) is 12.5. The first-order valence-corrected chi connectivity index (χ1v) is 23.0. The first-order chi connectivity index (χ1) is 30.7. The molecule has 0 radical (unpaired) electrons. The van der Waals surface area contributed by atoms with Crippen LogP contribution >= 0.6 is 0 Å². The second-order valence-corrected chi connectivity index (χ2v) is 19.7. The predicted molar refractivity (Wildman–Crippen MR) is 260 cm³/mol. The first-order valence-electron chi connectivity index (χ1n) is 21.0. The highest BCUT2D eigenvalue weighted by atomic mass is 28.3. The normalized spacial score (nSPS) is 11.9. The molecule has 12 aromatic rings. The lowest BCUT2D eigenvalue weighted by Gasteiger charge is -2.34. The molecule has 0 fully saturated rings. The van der Waals surface area contributed by atoms with E-state index < -0.39 is 8.07 Å². The molecule has 0 aliphatic heterocycles. The molecule has 0 saturated heterocycles. The summed E-state index contributed by atoms with van der Waals surface area (Å²) in [6.07, 6.45) is 0. The van der Waals surface area contributed by atoms with Gasteiger partial charge in [-0.15, -0.1) is 0 Å². The van der Waals surface area contributed by atoms with E-state index in [1.165, 1.54) is 42.3 Å². The Morgan fingerprint density at radius 1 is 0.306 bits per heavy atom. The zero-order chi connectivity index (χ0) is 41.0. The van der Waals surface area contributed by atoms with Crippen LogP contribution in [0, 0.1) is 0 Å². The highest BCUT2D eigenvalue weighted by Crippen LogP contribution is 2.39. The minimum absolute atomic E-state index is 0.592. The number of hydrogen-bond donors (Lipinski definition) is 0. The van der Waals surface area contributed by atoms with Crippen LogP contribution in [-0.2, 0) is 0 Å². The van der Waals surface area contributed by atoms with Crippen molar-refractivity contribution in [2.24, 2.45) is 0 Å². The lowest BCUT2D eigenvalue weighted by molar-refractivity contribution is 0.669. The van der Waals surface area contributed by atoms with E-state index in [1.54, 1.807) is 0 Å². The summed E-state index contributed by atoms with van der Waals surface area (Å²) in [5.41, 5.74) is 4.39. The topological polar surface area (TPSA) is 51.8 Å². The van der Waals surface area contributed by atoms with Gasteiger partial charge in [-0.25, -0.2) is 15.0 Å². The molecule has 0 unspecified atom stereocenters. The molecule has 2 aromatic heterocycles. The van der Waals surface area contributed by atoms with Crippen molar-refractivity contribution in [3.8, 4) is 34.2 Å². The van der Waals surface area contributed by atoms with Crippen LogP contribution in [-0.4, -0.2) is 23.0 Å². The standard InChI is InChI=1S/C57H37N3OSi/c1-4-19-40(20-5-1)62(41-21-6-2-7-22-41,42-23-8-3-9-24-42)43-25-14-18-39(37-43)55-58-56(60-57(59-55)51-30-16-32-53-54(51)50-27-12-13-31-52(50)61-53)49-29-15-28-45-47-34-33-38-17-10-11-26-44(38)46(47)35-36-48(45)49/h1-37H. The Balaban J connectivity index is 1.13. The molecule has 0 aliphatic rings. The molecule has 0 saturated carbocycles. The number of rotatable bonds is 7. The van der Waals surface area contributed by atoms with E-state index in [2.05, 4.69) is 200 Å². The van der Waals surface area contributed by atoms with Crippen molar-refractivity contribution in [1.29, 1.82) is 0 Å². The fourth-order valence-electron chi connectivity index (χ4n) is 9.71. The summed E-state index contributed by atoms with van der Waals surface area (Å²) in [7, 11) is -2.84. The van der Waals surface area contributed by atoms with E-state index in [4.69, 9.17) is 19.4 Å². The van der Waals surface area contributed by atoms with Crippen LogP contribution in [0.25, 0.3) is 88.4 Å². The molecule has 0 amide bonds. The Morgan fingerprint density at radius 3 is 1.53 bits per heavy atom. The van der Waals surface area contributed by atoms with E-state index in [0.717, 1.165) is 49.4 Å². The van der Waals surface area contributed by atoms with Gasteiger partial charge in [0.15, 0.2) is 25.5 Å². The van der Waals surface area contributed by atoms with E-state index in [9.17, 15) is 0 Å². The molecule has 0 aliphatic carbocycles. The molecular weight excluding hydrogens is 771 g/mol. The number of nitrogens with zero attached hydrogens (tertiary/aromatic N) is 3. The predicted octanol–water partition coefficient (Wildman–Crippen LogP) is 11.6. The summed E-state index contributed by atoms with van der Waals surface area (Å²) in [6, 6.07) is 80.3. The highest BCUT2D eigenvalue weighted by molar-refractivity contribution is 7.19. The molecular formula is C57H37N3OSi. The van der Waals surface area contributed by atoms with Crippen molar-refractivity contribution in [2.45, 2.75) is 0 Å². The van der Waals surface area contributed by atoms with E-state index in [1.807, 2.05) is 24.3 Å². The second kappa shape index (κ2) is 14.6. The van der Waals surface area contributed by atoms with Gasteiger partial charge in [-0.1, -0.05) is 212 Å². The van der Waals surface area contributed by atoms with Crippen LogP contribution < -0.4 is 20.7 Å². The molecule has 2 heterocycles. The maximum atomic E-state index is 6.39. The van der Waals surface area contributed by atoms with Gasteiger partial charge in [0, 0.05) is 27.5 Å². The minimum Gasteiger partial charge on any atom is -0.456 e. The van der Waals surface area contributed by atoms with Gasteiger partial charge >= 0.3 is 0 Å². The molecule has 0 bridgehead atoms. The molecule has 0 spiro atoms. The fourth-order valence-corrected chi connectivity index (χ4v) is 14.5. The van der Waals surface area contributed by atoms with Gasteiger partial charge in [0.05, 0.1) is 0 Å². The number of fused-ring (bicyclic) bond motifs is 8. The minimum atomic E-state index is -2.84. The Hall–Kier alpha value is -7.99. The highest BCUT2D eigenvalue weighted by Gasteiger charge is 2.41. The third-order valence-corrected chi connectivity index (χ3v) is 17.3. The molecule has 0 N–H and O–H groups in total. The van der Waals surface area contributed by atoms with Crippen molar-refractivity contribution in [1.82, 2.24) is 15.0 Å². The van der Waals surface area contributed by atoms with Gasteiger partial charge in [-0.2, -0.15) is 0 Å². The van der Waals surface area contributed by atoms with Crippen LogP contribution in [0.5, 0.6) is 0 Å². The first kappa shape index (κ1) is 35.9. The lowest BCUT2D eigenvalue weighted by atomic mass is 9.95. The van der Waals surface area contributed by atoms with Crippen molar-refractivity contribution < 1.29 is 4.42 Å². The number of hydrogen-bond acceptors (Lipinski definition) is 4. The zero-order valence-corrected chi connectivity index (χ0v) is 34.6. The van der Waals surface area contributed by atoms with Crippen LogP contribution in [0.3, 0.4) is 0 Å². The molecule has 10 aromatic carbocycles. The lowest BCUT2D eigenvalue weighted by Crippen LogP contribution is -2.74. The smallest absolute Gasteiger partial charge is 0.179 e. The largest absolute Gasteiger partial charge is 0.456 e. The summed E-state index contributed by atoms with van der Waals surface area (Å²) >= 11 is 0. The van der Waals surface area contributed by atoms with E-state index in [0.29, 0.717) is 17.5 Å². The number of aromatic nitrogens is 3. The number of benzene rings is 10. The van der Waals surface area contributed by atoms with Gasteiger partial charge in [-0.05, 0) is 65.2 Å². The van der Waals surface area contributed by atoms with Gasteiger partial charge in [0.1, 0.15) is 11.2 Å². The van der Waals surface area contributed by atoms with Crippen LogP contribution in [0.2, 0.25) is 0 Å². The molecule has 62 heavy (non-hydrogen) atoms. The van der Waals surface area contributed by atoms with E-state index >= 15 is 0 Å². The Morgan fingerprint density at radius 2 is 0.790 bits per heavy atom. The summed E-state index contributed by atoms with van der Waals surface area (Å²) < 4.78 is 6.39. The maximum Gasteiger partial charge on any atom is 0.179 e. The summed E-state index contributed by atoms with van der Waals surface area (Å²) in [5, 5.41) is 14.3. The number of para-hydroxylation sites is 1. The van der Waals surface area contributed by atoms with Gasteiger partial charge < -0.3 is 4.42 Å². The Kier molecular flexibility index (Phi) is 8.47. The Bertz CT molecular complexity index is 3550. The van der Waals surface area contributed by atoms with Crippen LogP contribution in [0.1, 0.15) is 0 Å². The van der Waals surface area contributed by atoms with Crippen molar-refractivity contribution in [3.05, 3.63) is 224 Å². The average molecular weight is 808 g/mol. The summed E-state index contributed by atoms with van der Waals surface area (Å²) in [5.74, 6) is 1.81. The quantitative estimate of drug-likeness (QED) is 0.0914. The van der Waals surface area contributed by atoms with Gasteiger partial charge in [0.25, 0.3) is 0 Å². The van der Waals surface area contributed by atoms with Crippen molar-refractivity contribution in [2.75, 3.05) is 0 Å². The fraction of sp³-hybridized carbons (Fsp3) is 0. The Labute approximate surface area is 359 Å². The summed E-state index contributed by atoms with van der Waals surface area (Å²) in [6.45, 7) is 0. The molecule has 5 heteroatoms. The van der Waals surface area contributed by atoms with Gasteiger partial charge in [-0.3, -0.25) is 0 Å². The van der Waals surface area contributed by atoms with E-state index in [-0.39, 0.29) is 0 Å². The van der Waals surface area contributed by atoms with Crippen LogP contribution in [0.4, 0.5) is 0 Å². The summed E-state index contributed by atoms with van der Waals surface area (Å²) in [4.78, 5) is 16.2. The van der Waals surface area contributed by atoms with Gasteiger partial charge in [0.2, 0.25) is 0 Å². The zero-order valence-electron chi connectivity index (χ0n) is 33.6. The second-order valence-electron chi connectivity index (χ2n) is 15.9. The molecule has 0 atom stereocenters.